The van der Waals surface area contributed by atoms with Gasteiger partial charge in [0.25, 0.3) is 14.3 Å². The van der Waals surface area contributed by atoms with Gasteiger partial charge >= 0.3 is 0 Å². The van der Waals surface area contributed by atoms with Crippen molar-refractivity contribution in [2.45, 2.75) is 31.7 Å². The van der Waals surface area contributed by atoms with Crippen molar-refractivity contribution in [2.24, 2.45) is 0 Å². The summed E-state index contributed by atoms with van der Waals surface area (Å²) in [5, 5.41) is 1.48. The van der Waals surface area contributed by atoms with Gasteiger partial charge in [-0.1, -0.05) is 6.92 Å². The second-order valence-electron chi connectivity index (χ2n) is 3.56. The minimum Gasteiger partial charge on any atom is -0.519 e. The van der Waals surface area contributed by atoms with E-state index in [0.717, 1.165) is 5.38 Å². The van der Waals surface area contributed by atoms with Gasteiger partial charge in [-0.2, -0.15) is 11.8 Å². The van der Waals surface area contributed by atoms with E-state index in [-0.39, 0.29) is 5.97 Å². The first-order valence-corrected chi connectivity index (χ1v) is 7.99. The second-order valence-corrected chi connectivity index (χ2v) is 9.58. The SMILES string of the molecule is CC1CC(=O)O[Si](C)(C)CS1. The van der Waals surface area contributed by atoms with Gasteiger partial charge in [0.2, 0.25) is 0 Å². The molecule has 0 N–H and O–H groups in total. The van der Waals surface area contributed by atoms with Gasteiger partial charge in [0.05, 0.1) is 6.42 Å². The van der Waals surface area contributed by atoms with Crippen molar-refractivity contribution in [3.8, 4) is 0 Å². The first kappa shape index (κ1) is 9.13. The van der Waals surface area contributed by atoms with E-state index >= 15 is 0 Å². The molecule has 1 atom stereocenters. The summed E-state index contributed by atoms with van der Waals surface area (Å²) in [6, 6.07) is 0. The van der Waals surface area contributed by atoms with Crippen LogP contribution < -0.4 is 0 Å². The Morgan fingerprint density at radius 2 is 2.27 bits per heavy atom. The number of rotatable bonds is 0. The molecule has 64 valence electrons. The molecule has 0 radical (unpaired) electrons. The van der Waals surface area contributed by atoms with Crippen LogP contribution in [-0.4, -0.2) is 24.9 Å². The van der Waals surface area contributed by atoms with E-state index in [1.165, 1.54) is 0 Å². The lowest BCUT2D eigenvalue weighted by Gasteiger charge is -2.18. The smallest absolute Gasteiger partial charge is 0.293 e. The standard InChI is InChI=1S/C7H14O2SSi/c1-6-4-7(8)9-11(2,3)5-10-6/h6H,4-5H2,1-3H3. The van der Waals surface area contributed by atoms with Gasteiger partial charge < -0.3 is 4.43 Å². The fourth-order valence-corrected chi connectivity index (χ4v) is 4.95. The predicted molar refractivity (Wildman–Crippen MR) is 50.1 cm³/mol. The number of hydrogen-bond donors (Lipinski definition) is 0. The average Bonchev–Trinajstić information content (AvgIpc) is 1.90. The summed E-state index contributed by atoms with van der Waals surface area (Å²) in [5.74, 6) is -0.000772. The summed E-state index contributed by atoms with van der Waals surface area (Å²) >= 11 is 1.87. The van der Waals surface area contributed by atoms with Crippen LogP contribution in [0.15, 0.2) is 0 Å². The first-order chi connectivity index (χ1) is 4.99. The fraction of sp³-hybridized carbons (Fsp3) is 0.857. The zero-order valence-corrected chi connectivity index (χ0v) is 9.03. The lowest BCUT2D eigenvalue weighted by atomic mass is 10.3. The van der Waals surface area contributed by atoms with E-state index in [1.807, 2.05) is 11.8 Å². The molecule has 1 saturated heterocycles. The Bertz CT molecular complexity index is 170. The Morgan fingerprint density at radius 3 is 2.91 bits per heavy atom. The normalized spacial score (nSPS) is 30.8. The van der Waals surface area contributed by atoms with E-state index in [1.54, 1.807) is 0 Å². The van der Waals surface area contributed by atoms with Crippen molar-refractivity contribution in [1.82, 2.24) is 0 Å². The van der Waals surface area contributed by atoms with Crippen LogP contribution in [0.1, 0.15) is 13.3 Å². The monoisotopic (exact) mass is 190 g/mol. The molecule has 4 heteroatoms. The van der Waals surface area contributed by atoms with Crippen LogP contribution in [0.25, 0.3) is 0 Å². The predicted octanol–water partition coefficient (Wildman–Crippen LogP) is 1.80. The van der Waals surface area contributed by atoms with Crippen LogP contribution >= 0.6 is 11.8 Å². The third-order valence-electron chi connectivity index (χ3n) is 1.56. The molecule has 1 fully saturated rings. The molecule has 0 aliphatic carbocycles. The highest BCUT2D eigenvalue weighted by atomic mass is 32.2. The molecule has 0 saturated carbocycles. The number of thioether (sulfide) groups is 1. The Labute approximate surface area is 72.8 Å². The van der Waals surface area contributed by atoms with Gasteiger partial charge in [-0.15, -0.1) is 0 Å². The molecule has 1 rings (SSSR count). The summed E-state index contributed by atoms with van der Waals surface area (Å²) in [7, 11) is -1.63. The van der Waals surface area contributed by atoms with Crippen LogP contribution in [-0.2, 0) is 9.22 Å². The van der Waals surface area contributed by atoms with Gasteiger partial charge in [0.15, 0.2) is 0 Å². The average molecular weight is 190 g/mol. The van der Waals surface area contributed by atoms with Crippen LogP contribution in [0.4, 0.5) is 0 Å². The minimum atomic E-state index is -1.63. The Morgan fingerprint density at radius 1 is 1.64 bits per heavy atom. The molecule has 0 bridgehead atoms. The van der Waals surface area contributed by atoms with Gasteiger partial charge in [0, 0.05) is 10.6 Å². The summed E-state index contributed by atoms with van der Waals surface area (Å²) in [6.45, 7) is 6.27. The van der Waals surface area contributed by atoms with E-state index in [4.69, 9.17) is 4.43 Å². The third-order valence-corrected chi connectivity index (χ3v) is 6.52. The summed E-state index contributed by atoms with van der Waals surface area (Å²) in [4.78, 5) is 11.1. The molecule has 0 aromatic rings. The van der Waals surface area contributed by atoms with Crippen molar-refractivity contribution in [2.75, 3.05) is 5.38 Å². The molecule has 1 aliphatic rings. The fourth-order valence-electron chi connectivity index (χ4n) is 1.02. The maximum atomic E-state index is 11.1. The zero-order chi connectivity index (χ0) is 8.48. The highest BCUT2D eigenvalue weighted by Gasteiger charge is 2.31. The number of carbonyl (C=O) groups excluding carboxylic acids is 1. The molecule has 11 heavy (non-hydrogen) atoms. The molecule has 0 aromatic heterocycles. The summed E-state index contributed by atoms with van der Waals surface area (Å²) in [6.07, 6.45) is 0.584. The maximum absolute atomic E-state index is 11.1. The topological polar surface area (TPSA) is 26.3 Å². The van der Waals surface area contributed by atoms with Gasteiger partial charge in [0.1, 0.15) is 0 Å². The molecule has 1 unspecified atom stereocenters. The van der Waals surface area contributed by atoms with E-state index in [2.05, 4.69) is 20.0 Å². The lowest BCUT2D eigenvalue weighted by molar-refractivity contribution is -0.134. The van der Waals surface area contributed by atoms with Crippen molar-refractivity contribution in [3.63, 3.8) is 0 Å². The third kappa shape index (κ3) is 2.87. The Kier molecular flexibility index (Phi) is 2.64. The highest BCUT2D eigenvalue weighted by Crippen LogP contribution is 2.24. The second kappa shape index (κ2) is 3.19. The molecule has 1 aliphatic heterocycles. The van der Waals surface area contributed by atoms with E-state index in [9.17, 15) is 4.79 Å². The summed E-state index contributed by atoms with van der Waals surface area (Å²) < 4.78 is 5.35. The molecule has 0 aromatic carbocycles. The van der Waals surface area contributed by atoms with Gasteiger partial charge in [-0.05, 0) is 13.1 Å². The van der Waals surface area contributed by atoms with Gasteiger partial charge in [-0.3, -0.25) is 4.79 Å². The van der Waals surface area contributed by atoms with Crippen LogP contribution in [0.3, 0.4) is 0 Å². The van der Waals surface area contributed by atoms with Crippen molar-refractivity contribution in [1.29, 1.82) is 0 Å². The van der Waals surface area contributed by atoms with Crippen LogP contribution in [0, 0.1) is 0 Å². The largest absolute Gasteiger partial charge is 0.519 e. The first-order valence-electron chi connectivity index (χ1n) is 3.83. The highest BCUT2D eigenvalue weighted by molar-refractivity contribution is 8.01. The molecular weight excluding hydrogens is 176 g/mol. The van der Waals surface area contributed by atoms with E-state index < -0.39 is 8.32 Å². The molecular formula is C7H14O2SSi. The van der Waals surface area contributed by atoms with Crippen LogP contribution in [0.2, 0.25) is 13.1 Å². The molecule has 2 nitrogen and oxygen atoms in total. The van der Waals surface area contributed by atoms with Crippen molar-refractivity contribution < 1.29 is 9.22 Å². The maximum Gasteiger partial charge on any atom is 0.293 e. The molecule has 1 heterocycles. The van der Waals surface area contributed by atoms with Crippen molar-refractivity contribution >= 4 is 26.0 Å². The summed E-state index contributed by atoms with van der Waals surface area (Å²) in [5.41, 5.74) is 0. The van der Waals surface area contributed by atoms with Crippen molar-refractivity contribution in [3.05, 3.63) is 0 Å². The van der Waals surface area contributed by atoms with Gasteiger partial charge in [-0.25, -0.2) is 0 Å². The Balaban J connectivity index is 2.60. The number of carbonyl (C=O) groups is 1. The zero-order valence-electron chi connectivity index (χ0n) is 7.22. The number of hydrogen-bond acceptors (Lipinski definition) is 3. The Hall–Kier alpha value is 0.0369. The molecule has 0 amide bonds. The quantitative estimate of drug-likeness (QED) is 0.545. The minimum absolute atomic E-state index is 0.000772. The van der Waals surface area contributed by atoms with Crippen LogP contribution in [0.5, 0.6) is 0 Å². The van der Waals surface area contributed by atoms with E-state index in [0.29, 0.717) is 11.7 Å². The molecule has 0 spiro atoms. The lowest BCUT2D eigenvalue weighted by Crippen LogP contribution is -2.35.